The van der Waals surface area contributed by atoms with Crippen LogP contribution in [0.15, 0.2) is 36.0 Å². The number of pyridine rings is 1. The molecule has 3 heterocycles. The van der Waals surface area contributed by atoms with E-state index in [1.54, 1.807) is 34.7 Å². The van der Waals surface area contributed by atoms with Crippen molar-refractivity contribution >= 4 is 40.7 Å². The van der Waals surface area contributed by atoms with Gasteiger partial charge in [0.05, 0.1) is 29.1 Å². The highest BCUT2D eigenvalue weighted by atomic mass is 32.1. The number of anilines is 2. The van der Waals surface area contributed by atoms with Crippen LogP contribution in [0, 0.1) is 13.8 Å². The molecule has 0 spiro atoms. The number of nitrogens with two attached hydrogens (primary N) is 1. The lowest BCUT2D eigenvalue weighted by atomic mass is 9.95. The van der Waals surface area contributed by atoms with Crippen LogP contribution in [0.2, 0.25) is 0 Å². The van der Waals surface area contributed by atoms with Gasteiger partial charge in [0.1, 0.15) is 5.82 Å². The lowest BCUT2D eigenvalue weighted by Crippen LogP contribution is -2.48. The first kappa shape index (κ1) is 20.7. The van der Waals surface area contributed by atoms with Crippen molar-refractivity contribution < 1.29 is 9.59 Å². The fourth-order valence-electron chi connectivity index (χ4n) is 3.30. The van der Waals surface area contributed by atoms with Gasteiger partial charge >= 0.3 is 11.8 Å². The Kier molecular flexibility index (Phi) is 6.43. The Hall–Kier alpha value is -3.00. The van der Waals surface area contributed by atoms with Crippen molar-refractivity contribution in [2.75, 3.05) is 17.6 Å². The van der Waals surface area contributed by atoms with Crippen LogP contribution < -0.4 is 11.1 Å². The molecule has 1 aliphatic heterocycles. The van der Waals surface area contributed by atoms with Gasteiger partial charge in [-0.2, -0.15) is 0 Å². The fourth-order valence-corrected chi connectivity index (χ4v) is 3.87. The van der Waals surface area contributed by atoms with E-state index in [0.29, 0.717) is 18.1 Å². The molecule has 2 aromatic heterocycles. The minimum Gasteiger partial charge on any atom is -0.383 e. The van der Waals surface area contributed by atoms with Gasteiger partial charge in [-0.3, -0.25) is 9.59 Å². The molecule has 1 aliphatic rings. The van der Waals surface area contributed by atoms with Crippen LogP contribution in [-0.4, -0.2) is 39.3 Å². The zero-order valence-corrected chi connectivity index (χ0v) is 17.5. The standard InChI is InChI=1S/C21H25N5O2S/c1-13(7-8-17-15(3)29-12-24-17)18-6-4-5-9-26(18)21(28)20(27)25-16-10-14(2)19(22)23-11-16/h7-8,10-12,18H,1,4-6,9H2,2-3H3,(H2,22,23)(H,25,27)/b8-7-/t18-/m0/s1. The van der Waals surface area contributed by atoms with E-state index in [4.69, 9.17) is 5.73 Å². The zero-order chi connectivity index (χ0) is 21.0. The highest BCUT2D eigenvalue weighted by Crippen LogP contribution is 2.25. The van der Waals surface area contributed by atoms with Crippen LogP contribution in [-0.2, 0) is 9.59 Å². The fraction of sp³-hybridized carbons (Fsp3) is 0.333. The number of carbonyl (C=O) groups excluding carboxylic acids is 2. The van der Waals surface area contributed by atoms with Crippen molar-refractivity contribution in [3.8, 4) is 0 Å². The molecule has 1 atom stereocenters. The molecular formula is C21H25N5O2S. The Labute approximate surface area is 174 Å². The van der Waals surface area contributed by atoms with Gasteiger partial charge in [0, 0.05) is 11.4 Å². The van der Waals surface area contributed by atoms with Gasteiger partial charge in [0.15, 0.2) is 0 Å². The van der Waals surface area contributed by atoms with E-state index in [1.807, 2.05) is 19.1 Å². The molecule has 0 radical (unpaired) electrons. The van der Waals surface area contributed by atoms with E-state index < -0.39 is 11.8 Å². The molecule has 0 aromatic carbocycles. The molecule has 8 heteroatoms. The molecule has 0 aliphatic carbocycles. The maximum absolute atomic E-state index is 12.8. The van der Waals surface area contributed by atoms with Crippen LogP contribution in [0.1, 0.15) is 35.4 Å². The van der Waals surface area contributed by atoms with E-state index in [-0.39, 0.29) is 6.04 Å². The SMILES string of the molecule is C=C(/C=C\c1ncsc1C)[C@@H]1CCCCN1C(=O)C(=O)Nc1cnc(N)c(C)c1. The van der Waals surface area contributed by atoms with Crippen molar-refractivity contribution in [1.29, 1.82) is 0 Å². The molecule has 0 bridgehead atoms. The molecule has 2 amide bonds. The number of aromatic nitrogens is 2. The second kappa shape index (κ2) is 9.00. The molecule has 2 aromatic rings. The van der Waals surface area contributed by atoms with Gasteiger partial charge in [-0.05, 0) is 56.4 Å². The van der Waals surface area contributed by atoms with Gasteiger partial charge < -0.3 is 16.0 Å². The number of hydrogen-bond donors (Lipinski definition) is 2. The van der Waals surface area contributed by atoms with Crippen molar-refractivity contribution in [3.05, 3.63) is 52.1 Å². The molecule has 7 nitrogen and oxygen atoms in total. The first-order valence-corrected chi connectivity index (χ1v) is 10.4. The second-order valence-electron chi connectivity index (χ2n) is 7.09. The molecule has 3 rings (SSSR count). The number of carbonyl (C=O) groups is 2. The van der Waals surface area contributed by atoms with Crippen LogP contribution in [0.25, 0.3) is 6.08 Å². The summed E-state index contributed by atoms with van der Waals surface area (Å²) in [6, 6.07) is 1.49. The molecule has 0 saturated carbocycles. The number of nitrogen functional groups attached to an aromatic ring is 1. The number of thiazole rings is 1. The van der Waals surface area contributed by atoms with Crippen molar-refractivity contribution in [3.63, 3.8) is 0 Å². The summed E-state index contributed by atoms with van der Waals surface area (Å²) in [5, 5.41) is 2.62. The summed E-state index contributed by atoms with van der Waals surface area (Å²) in [6.45, 7) is 8.47. The molecule has 0 unspecified atom stereocenters. The van der Waals surface area contributed by atoms with E-state index in [9.17, 15) is 9.59 Å². The number of likely N-dealkylation sites (tertiary alicyclic amines) is 1. The summed E-state index contributed by atoms with van der Waals surface area (Å²) in [4.78, 5) is 36.4. The number of rotatable bonds is 4. The Morgan fingerprint density at radius 2 is 2.14 bits per heavy atom. The highest BCUT2D eigenvalue weighted by molar-refractivity contribution is 7.09. The first-order chi connectivity index (χ1) is 13.9. The lowest BCUT2D eigenvalue weighted by Gasteiger charge is -2.35. The minimum atomic E-state index is -0.685. The third-order valence-electron chi connectivity index (χ3n) is 5.00. The van der Waals surface area contributed by atoms with E-state index in [0.717, 1.165) is 41.0 Å². The number of nitrogens with zero attached hydrogens (tertiary/aromatic N) is 3. The average Bonchev–Trinajstić information content (AvgIpc) is 3.13. The minimum absolute atomic E-state index is 0.205. The molecule has 3 N–H and O–H groups in total. The third-order valence-corrected chi connectivity index (χ3v) is 5.77. The van der Waals surface area contributed by atoms with Crippen LogP contribution in [0.5, 0.6) is 0 Å². The maximum atomic E-state index is 12.8. The van der Waals surface area contributed by atoms with E-state index in [2.05, 4.69) is 21.9 Å². The van der Waals surface area contributed by atoms with Crippen molar-refractivity contribution in [2.45, 2.75) is 39.2 Å². The molecule has 29 heavy (non-hydrogen) atoms. The van der Waals surface area contributed by atoms with Gasteiger partial charge in [0.25, 0.3) is 0 Å². The predicted octanol–water partition coefficient (Wildman–Crippen LogP) is 3.33. The third kappa shape index (κ3) is 4.89. The predicted molar refractivity (Wildman–Crippen MR) is 116 cm³/mol. The molecule has 152 valence electrons. The van der Waals surface area contributed by atoms with E-state index in [1.165, 1.54) is 6.20 Å². The normalized spacial score (nSPS) is 16.8. The number of aryl methyl sites for hydroxylation is 2. The highest BCUT2D eigenvalue weighted by Gasteiger charge is 2.31. The number of hydrogen-bond acceptors (Lipinski definition) is 6. The largest absolute Gasteiger partial charge is 0.383 e. The first-order valence-electron chi connectivity index (χ1n) is 9.48. The lowest BCUT2D eigenvalue weighted by molar-refractivity contribution is -0.145. The van der Waals surface area contributed by atoms with Crippen molar-refractivity contribution in [2.24, 2.45) is 0 Å². The Balaban J connectivity index is 1.70. The van der Waals surface area contributed by atoms with Crippen molar-refractivity contribution in [1.82, 2.24) is 14.9 Å². The average molecular weight is 412 g/mol. The molecule has 1 saturated heterocycles. The van der Waals surface area contributed by atoms with Gasteiger partial charge in [-0.25, -0.2) is 9.97 Å². The van der Waals surface area contributed by atoms with E-state index >= 15 is 0 Å². The molecule has 1 fully saturated rings. The number of nitrogens with one attached hydrogen (secondary N) is 1. The Bertz CT molecular complexity index is 966. The van der Waals surface area contributed by atoms with Gasteiger partial charge in [0.2, 0.25) is 0 Å². The maximum Gasteiger partial charge on any atom is 0.313 e. The van der Waals surface area contributed by atoms with Gasteiger partial charge in [-0.1, -0.05) is 12.7 Å². The Morgan fingerprint density at radius 3 is 2.83 bits per heavy atom. The second-order valence-corrected chi connectivity index (χ2v) is 8.15. The quantitative estimate of drug-likeness (QED) is 0.594. The zero-order valence-electron chi connectivity index (χ0n) is 16.6. The summed E-state index contributed by atoms with van der Waals surface area (Å²) >= 11 is 1.58. The summed E-state index contributed by atoms with van der Waals surface area (Å²) in [6.07, 6.45) is 7.87. The Morgan fingerprint density at radius 1 is 1.34 bits per heavy atom. The topological polar surface area (TPSA) is 101 Å². The molecular weight excluding hydrogens is 386 g/mol. The number of amides is 2. The summed E-state index contributed by atoms with van der Waals surface area (Å²) < 4.78 is 0. The summed E-state index contributed by atoms with van der Waals surface area (Å²) in [5.41, 5.74) is 10.4. The summed E-state index contributed by atoms with van der Waals surface area (Å²) in [5.74, 6) is -0.859. The number of piperidine rings is 1. The summed E-state index contributed by atoms with van der Waals surface area (Å²) in [7, 11) is 0. The van der Waals surface area contributed by atoms with Crippen LogP contribution >= 0.6 is 11.3 Å². The van der Waals surface area contributed by atoms with Crippen LogP contribution in [0.3, 0.4) is 0 Å². The monoisotopic (exact) mass is 411 g/mol. The van der Waals surface area contributed by atoms with Crippen LogP contribution in [0.4, 0.5) is 11.5 Å². The smallest absolute Gasteiger partial charge is 0.313 e. The van der Waals surface area contributed by atoms with Gasteiger partial charge in [-0.15, -0.1) is 11.3 Å².